The lowest BCUT2D eigenvalue weighted by atomic mass is 10.0. The molecule has 0 atom stereocenters. The van der Waals surface area contributed by atoms with Gasteiger partial charge < -0.3 is 0 Å². The summed E-state index contributed by atoms with van der Waals surface area (Å²) < 4.78 is 0. The summed E-state index contributed by atoms with van der Waals surface area (Å²) in [5.41, 5.74) is 3.26. The Morgan fingerprint density at radius 2 is 1.12 bits per heavy atom. The third-order valence-electron chi connectivity index (χ3n) is 6.23. The summed E-state index contributed by atoms with van der Waals surface area (Å²) >= 11 is 0. The van der Waals surface area contributed by atoms with Crippen molar-refractivity contribution in [1.82, 2.24) is 0 Å². The maximum Gasteiger partial charge on any atom is 0.198 e. The minimum Gasteiger partial charge on any atom is -0.300 e. The Bertz CT molecular complexity index is 608. The summed E-state index contributed by atoms with van der Waals surface area (Å²) in [4.78, 5) is 34.0. The summed E-state index contributed by atoms with van der Waals surface area (Å²) in [6.07, 6.45) is 31.4. The molecule has 0 aliphatic heterocycles. The van der Waals surface area contributed by atoms with Crippen LogP contribution >= 0.6 is 0 Å². The second-order valence-electron chi connectivity index (χ2n) is 9.61. The van der Waals surface area contributed by atoms with Crippen molar-refractivity contribution in [1.29, 1.82) is 0 Å². The molecule has 0 unspecified atom stereocenters. The Morgan fingerprint density at radius 3 is 1.71 bits per heavy atom. The zero-order valence-corrected chi connectivity index (χ0v) is 22.4. The lowest BCUT2D eigenvalue weighted by molar-refractivity contribution is -0.135. The van der Waals surface area contributed by atoms with Crippen LogP contribution in [-0.4, -0.2) is 17.3 Å². The van der Waals surface area contributed by atoms with Crippen LogP contribution in [0.2, 0.25) is 0 Å². The number of Topliss-reactive ketones (excluding diaryl/α,β-unsaturated/α-hetero) is 3. The summed E-state index contributed by atoms with van der Waals surface area (Å²) in [7, 11) is 0. The molecule has 0 aliphatic carbocycles. The van der Waals surface area contributed by atoms with Gasteiger partial charge in [-0.05, 0) is 57.1 Å². The molecule has 0 saturated heterocycles. The van der Waals surface area contributed by atoms with Gasteiger partial charge in [0, 0.05) is 26.2 Å². The molecule has 0 aliphatic rings. The molecule has 0 radical (unpaired) electrons. The summed E-state index contributed by atoms with van der Waals surface area (Å²) in [5.74, 6) is -0.249. The minimum absolute atomic E-state index is 0.273. The van der Waals surface area contributed by atoms with E-state index in [-0.39, 0.29) is 11.6 Å². The summed E-state index contributed by atoms with van der Waals surface area (Å²) in [5, 5.41) is 0. The highest BCUT2D eigenvalue weighted by Gasteiger charge is 2.07. The van der Waals surface area contributed by atoms with Crippen molar-refractivity contribution in [2.45, 2.75) is 149 Å². The van der Waals surface area contributed by atoms with Crippen molar-refractivity contribution in [3.8, 4) is 0 Å². The maximum absolute atomic E-state index is 11.9. The molecule has 194 valence electrons. The van der Waals surface area contributed by atoms with Crippen LogP contribution in [0.4, 0.5) is 0 Å². The van der Waals surface area contributed by atoms with Crippen LogP contribution in [-0.2, 0) is 14.4 Å². The highest BCUT2D eigenvalue weighted by molar-refractivity contribution is 6.36. The third-order valence-corrected chi connectivity index (χ3v) is 6.23. The van der Waals surface area contributed by atoms with Crippen LogP contribution in [0.1, 0.15) is 149 Å². The van der Waals surface area contributed by atoms with Gasteiger partial charge in [-0.3, -0.25) is 14.4 Å². The smallest absolute Gasteiger partial charge is 0.198 e. The molecular weight excluding hydrogens is 420 g/mol. The number of hydrogen-bond acceptors (Lipinski definition) is 3. The van der Waals surface area contributed by atoms with Crippen LogP contribution in [0, 0.1) is 0 Å². The molecule has 0 bridgehead atoms. The van der Waals surface area contributed by atoms with Crippen molar-refractivity contribution >= 4 is 17.3 Å². The molecule has 0 rings (SSSR count). The summed E-state index contributed by atoms with van der Waals surface area (Å²) in [6.45, 7) is 3.59. The highest BCUT2D eigenvalue weighted by Crippen LogP contribution is 2.12. The Morgan fingerprint density at radius 1 is 0.618 bits per heavy atom. The van der Waals surface area contributed by atoms with Gasteiger partial charge in [0.05, 0.1) is 0 Å². The molecule has 0 fully saturated rings. The second kappa shape index (κ2) is 25.9. The first-order valence-electron chi connectivity index (χ1n) is 14.2. The van der Waals surface area contributed by atoms with Crippen LogP contribution < -0.4 is 0 Å². The van der Waals surface area contributed by atoms with Gasteiger partial charge in [0.2, 0.25) is 0 Å². The van der Waals surface area contributed by atoms with Crippen LogP contribution in [0.3, 0.4) is 0 Å². The second-order valence-corrected chi connectivity index (χ2v) is 9.61. The molecule has 0 aromatic carbocycles. The van der Waals surface area contributed by atoms with E-state index < -0.39 is 0 Å². The van der Waals surface area contributed by atoms with Crippen molar-refractivity contribution < 1.29 is 14.4 Å². The average Bonchev–Trinajstić information content (AvgIpc) is 2.82. The van der Waals surface area contributed by atoms with Gasteiger partial charge in [-0.25, -0.2) is 0 Å². The predicted octanol–water partition coefficient (Wildman–Crippen LogP) is 9.19. The van der Waals surface area contributed by atoms with Crippen molar-refractivity contribution in [3.63, 3.8) is 0 Å². The number of rotatable bonds is 25. The van der Waals surface area contributed by atoms with Gasteiger partial charge in [0.25, 0.3) is 0 Å². The molecule has 0 saturated carbocycles. The largest absolute Gasteiger partial charge is 0.300 e. The Kier molecular flexibility index (Phi) is 24.6. The first-order chi connectivity index (χ1) is 16.6. The van der Waals surface area contributed by atoms with Gasteiger partial charge in [-0.15, -0.1) is 5.73 Å². The number of hydrogen-bond donors (Lipinski definition) is 0. The fraction of sp³-hybridized carbons (Fsp3) is 0.742. The number of carbonyl (C=O) groups excluding carboxylic acids is 3. The first kappa shape index (κ1) is 32.3. The lowest BCUT2D eigenvalue weighted by Gasteiger charge is -2.02. The van der Waals surface area contributed by atoms with E-state index >= 15 is 0 Å². The normalized spacial score (nSPS) is 10.9. The van der Waals surface area contributed by atoms with Crippen LogP contribution in [0.5, 0.6) is 0 Å². The fourth-order valence-electron chi connectivity index (χ4n) is 3.95. The molecule has 0 spiro atoms. The lowest BCUT2D eigenvalue weighted by Crippen LogP contribution is -2.08. The van der Waals surface area contributed by atoms with Crippen molar-refractivity contribution in [3.05, 3.63) is 30.0 Å². The standard InChI is InChI=1S/C31H52O3/c1-3-4-5-6-7-8-9-10-11-12-13-14-15-16-17-18-19-20-23-26-30(33)27-24-21-22-25-28-31(34)29(2)32/h11,13-15H,3-10,16-28H2,1-2H3. The van der Waals surface area contributed by atoms with Crippen LogP contribution in [0.15, 0.2) is 30.0 Å². The van der Waals surface area contributed by atoms with Crippen LogP contribution in [0.25, 0.3) is 0 Å². The minimum atomic E-state index is -0.346. The zero-order valence-electron chi connectivity index (χ0n) is 22.4. The number of allylic oxidation sites excluding steroid dienone is 3. The number of unbranched alkanes of at least 4 members (excludes halogenated alkanes) is 15. The molecule has 0 heterocycles. The van der Waals surface area contributed by atoms with E-state index in [4.69, 9.17) is 0 Å². The molecule has 0 aromatic rings. The Hall–Kier alpha value is -1.73. The van der Waals surface area contributed by atoms with E-state index in [2.05, 4.69) is 30.9 Å². The molecule has 0 aromatic heterocycles. The van der Waals surface area contributed by atoms with Crippen molar-refractivity contribution in [2.24, 2.45) is 0 Å². The van der Waals surface area contributed by atoms with Gasteiger partial charge in [0.15, 0.2) is 11.6 Å². The number of ketones is 3. The third kappa shape index (κ3) is 24.9. The predicted molar refractivity (Wildman–Crippen MR) is 145 cm³/mol. The van der Waals surface area contributed by atoms with Gasteiger partial charge in [0.1, 0.15) is 5.78 Å². The summed E-state index contributed by atoms with van der Waals surface area (Å²) in [6, 6.07) is 0. The van der Waals surface area contributed by atoms with Gasteiger partial charge in [-0.2, -0.15) is 0 Å². The SMILES string of the molecule is CCCCCCCCCC=C=CC=CCCCCCCCC(=O)CCCCCCC(=O)C(C)=O. The Labute approximate surface area is 210 Å². The Balaban J connectivity index is 3.40. The van der Waals surface area contributed by atoms with E-state index in [0.29, 0.717) is 25.0 Å². The van der Waals surface area contributed by atoms with Gasteiger partial charge >= 0.3 is 0 Å². The van der Waals surface area contributed by atoms with E-state index in [0.717, 1.165) is 51.4 Å². The average molecular weight is 473 g/mol. The van der Waals surface area contributed by atoms with Gasteiger partial charge in [-0.1, -0.05) is 89.7 Å². The highest BCUT2D eigenvalue weighted by atomic mass is 16.2. The quantitative estimate of drug-likeness (QED) is 0.0576. The number of carbonyl (C=O) groups is 3. The monoisotopic (exact) mass is 472 g/mol. The molecule has 0 amide bonds. The van der Waals surface area contributed by atoms with E-state index in [1.54, 1.807) is 0 Å². The molecule has 34 heavy (non-hydrogen) atoms. The maximum atomic E-state index is 11.9. The first-order valence-corrected chi connectivity index (χ1v) is 14.2. The topological polar surface area (TPSA) is 51.2 Å². The van der Waals surface area contributed by atoms with Crippen molar-refractivity contribution in [2.75, 3.05) is 0 Å². The van der Waals surface area contributed by atoms with E-state index in [1.807, 2.05) is 6.08 Å². The molecular formula is C31H52O3. The van der Waals surface area contributed by atoms with E-state index in [1.165, 1.54) is 71.1 Å². The molecule has 3 nitrogen and oxygen atoms in total. The zero-order chi connectivity index (χ0) is 25.1. The fourth-order valence-corrected chi connectivity index (χ4v) is 3.95. The molecule has 3 heteroatoms. The van der Waals surface area contributed by atoms with E-state index in [9.17, 15) is 14.4 Å². The molecule has 0 N–H and O–H groups in total.